The van der Waals surface area contributed by atoms with Crippen LogP contribution in [0.3, 0.4) is 0 Å². The fourth-order valence-corrected chi connectivity index (χ4v) is 10.1. The number of hydrogen-bond donors (Lipinski definition) is 9. The Morgan fingerprint density at radius 3 is 1.31 bits per heavy atom. The quantitative estimate of drug-likeness (QED) is 0.0204. The summed E-state index contributed by atoms with van der Waals surface area (Å²) >= 11 is 0. The van der Waals surface area contributed by atoms with Gasteiger partial charge in [0.2, 0.25) is 5.91 Å². The Hall–Kier alpha value is -1.79. The highest BCUT2D eigenvalue weighted by Crippen LogP contribution is 2.30. The molecule has 9 N–H and O–H groups in total. The van der Waals surface area contributed by atoms with Crippen molar-refractivity contribution in [1.82, 2.24) is 5.32 Å². The predicted molar refractivity (Wildman–Crippen MR) is 300 cm³/mol. The van der Waals surface area contributed by atoms with E-state index in [-0.39, 0.29) is 18.9 Å². The fourth-order valence-electron chi connectivity index (χ4n) is 10.1. The van der Waals surface area contributed by atoms with Gasteiger partial charge in [0.05, 0.1) is 32.0 Å². The first-order valence-electron chi connectivity index (χ1n) is 30.7. The van der Waals surface area contributed by atoms with Gasteiger partial charge in [-0.2, -0.15) is 0 Å². The standard InChI is InChI=1S/C61H113NO13/c1-3-5-7-9-11-13-15-17-18-19-20-21-22-23-24-25-26-27-28-29-30-31-32-33-34-36-38-40-42-44-50(65)49(62-53(66)45-43-41-39-37-35-16-14-12-10-8-6-4-2)48-72-60-58(71)56(69)59(52(47-64)74-60)75-61-57(70)55(68)54(67)51(46-63)73-61/h30-31,34,36,42,44,49-52,54-61,63-65,67-71H,3-29,32-33,35,37-41,43,45-48H2,1-2H3,(H,62,66)/b31-30+,36-34+,44-42+. The van der Waals surface area contributed by atoms with Crippen molar-refractivity contribution in [2.75, 3.05) is 19.8 Å². The zero-order chi connectivity index (χ0) is 54.6. The number of hydrogen-bond acceptors (Lipinski definition) is 13. The van der Waals surface area contributed by atoms with Crippen molar-refractivity contribution in [3.63, 3.8) is 0 Å². The Labute approximate surface area is 455 Å². The Kier molecular flexibility index (Phi) is 43.5. The number of rotatable bonds is 49. The number of carbonyl (C=O) groups excluding carboxylic acids is 1. The smallest absolute Gasteiger partial charge is 0.220 e. The van der Waals surface area contributed by atoms with Gasteiger partial charge in [-0.3, -0.25) is 4.79 Å². The number of amides is 1. The lowest BCUT2D eigenvalue weighted by molar-refractivity contribution is -0.359. The number of aliphatic hydroxyl groups is 8. The summed E-state index contributed by atoms with van der Waals surface area (Å²) in [6.07, 6.45) is 40.7. The van der Waals surface area contributed by atoms with E-state index in [1.807, 2.05) is 6.08 Å². The minimum atomic E-state index is -1.79. The van der Waals surface area contributed by atoms with Crippen LogP contribution in [0, 0.1) is 0 Å². The molecule has 12 unspecified atom stereocenters. The van der Waals surface area contributed by atoms with E-state index < -0.39 is 86.8 Å². The molecule has 2 aliphatic rings. The summed E-state index contributed by atoms with van der Waals surface area (Å²) in [5, 5.41) is 87.0. The van der Waals surface area contributed by atoms with Crippen molar-refractivity contribution in [1.29, 1.82) is 0 Å². The van der Waals surface area contributed by atoms with Crippen LogP contribution in [-0.4, -0.2) is 140 Å². The van der Waals surface area contributed by atoms with Crippen molar-refractivity contribution >= 4 is 5.91 Å². The molecular formula is C61H113NO13. The summed E-state index contributed by atoms with van der Waals surface area (Å²) in [5.41, 5.74) is 0. The molecule has 440 valence electrons. The number of carbonyl (C=O) groups is 1. The highest BCUT2D eigenvalue weighted by molar-refractivity contribution is 5.76. The van der Waals surface area contributed by atoms with E-state index in [1.54, 1.807) is 6.08 Å². The number of aliphatic hydroxyl groups excluding tert-OH is 8. The van der Waals surface area contributed by atoms with Gasteiger partial charge in [0.1, 0.15) is 48.8 Å². The molecule has 14 nitrogen and oxygen atoms in total. The summed E-state index contributed by atoms with van der Waals surface area (Å²) in [4.78, 5) is 13.2. The van der Waals surface area contributed by atoms with Crippen LogP contribution in [-0.2, 0) is 23.7 Å². The third-order valence-corrected chi connectivity index (χ3v) is 15.1. The zero-order valence-corrected chi connectivity index (χ0v) is 47.3. The lowest BCUT2D eigenvalue weighted by Gasteiger charge is -2.46. The summed E-state index contributed by atoms with van der Waals surface area (Å²) in [5.74, 6) is -0.253. The molecule has 12 atom stereocenters. The van der Waals surface area contributed by atoms with E-state index >= 15 is 0 Å². The van der Waals surface area contributed by atoms with Crippen LogP contribution in [0.15, 0.2) is 36.5 Å². The average molecular weight is 1070 g/mol. The normalized spacial score (nSPS) is 25.3. The molecular weight excluding hydrogens is 955 g/mol. The Balaban J connectivity index is 1.72. The van der Waals surface area contributed by atoms with Gasteiger partial charge in [-0.15, -0.1) is 0 Å². The van der Waals surface area contributed by atoms with E-state index in [2.05, 4.69) is 43.5 Å². The van der Waals surface area contributed by atoms with Crippen molar-refractivity contribution in [3.8, 4) is 0 Å². The molecule has 0 aromatic rings. The summed E-state index contributed by atoms with van der Waals surface area (Å²) in [6, 6.07) is -0.934. The van der Waals surface area contributed by atoms with E-state index in [9.17, 15) is 45.6 Å². The third kappa shape index (κ3) is 32.8. The Bertz CT molecular complexity index is 1400. The molecule has 0 aromatic heterocycles. The van der Waals surface area contributed by atoms with E-state index in [0.29, 0.717) is 12.8 Å². The molecule has 2 rings (SSSR count). The first-order valence-corrected chi connectivity index (χ1v) is 30.7. The largest absolute Gasteiger partial charge is 0.394 e. The van der Waals surface area contributed by atoms with Crippen LogP contribution < -0.4 is 5.32 Å². The molecule has 0 radical (unpaired) electrons. The van der Waals surface area contributed by atoms with Crippen molar-refractivity contribution in [2.24, 2.45) is 0 Å². The molecule has 1 amide bonds. The molecule has 0 aromatic carbocycles. The van der Waals surface area contributed by atoms with E-state index in [0.717, 1.165) is 44.9 Å². The van der Waals surface area contributed by atoms with Crippen LogP contribution >= 0.6 is 0 Å². The highest BCUT2D eigenvalue weighted by atomic mass is 16.7. The van der Waals surface area contributed by atoms with Gasteiger partial charge >= 0.3 is 0 Å². The molecule has 0 spiro atoms. The molecule has 0 bridgehead atoms. The molecule has 2 fully saturated rings. The zero-order valence-electron chi connectivity index (χ0n) is 47.3. The number of ether oxygens (including phenoxy) is 4. The monoisotopic (exact) mass is 1070 g/mol. The van der Waals surface area contributed by atoms with Crippen LogP contribution in [0.2, 0.25) is 0 Å². The SMILES string of the molecule is CCCCCCCCCCCCCCCCCCCCC/C=C/CC/C=C/CC/C=C/C(O)C(COC1OC(CO)C(OC2OC(CO)C(O)C(O)C2O)C(O)C1O)NC(=O)CCCCCCCCCCCCCC. The third-order valence-electron chi connectivity index (χ3n) is 15.1. The first-order chi connectivity index (χ1) is 36.6. The molecule has 14 heteroatoms. The second kappa shape index (κ2) is 47.1. The van der Waals surface area contributed by atoms with E-state index in [1.165, 1.54) is 173 Å². The maximum Gasteiger partial charge on any atom is 0.220 e. The van der Waals surface area contributed by atoms with Crippen molar-refractivity contribution in [2.45, 2.75) is 325 Å². The van der Waals surface area contributed by atoms with Gasteiger partial charge < -0.3 is 65.1 Å². The van der Waals surface area contributed by atoms with Crippen molar-refractivity contribution < 1.29 is 64.6 Å². The van der Waals surface area contributed by atoms with Crippen LogP contribution in [0.4, 0.5) is 0 Å². The minimum Gasteiger partial charge on any atom is -0.394 e. The first kappa shape index (κ1) is 69.3. The van der Waals surface area contributed by atoms with Crippen LogP contribution in [0.1, 0.15) is 251 Å². The average Bonchev–Trinajstić information content (AvgIpc) is 3.41. The van der Waals surface area contributed by atoms with Gasteiger partial charge in [0.15, 0.2) is 12.6 Å². The highest BCUT2D eigenvalue weighted by Gasteiger charge is 2.51. The molecule has 75 heavy (non-hydrogen) atoms. The lowest BCUT2D eigenvalue weighted by atomic mass is 9.97. The van der Waals surface area contributed by atoms with Gasteiger partial charge in [0.25, 0.3) is 0 Å². The Morgan fingerprint density at radius 1 is 0.467 bits per heavy atom. The molecule has 2 aliphatic heterocycles. The van der Waals surface area contributed by atoms with Crippen LogP contribution in [0.5, 0.6) is 0 Å². The maximum absolute atomic E-state index is 13.2. The summed E-state index contributed by atoms with van der Waals surface area (Å²) in [6.45, 7) is 2.78. The van der Waals surface area contributed by atoms with Gasteiger partial charge in [-0.1, -0.05) is 237 Å². The second-order valence-corrected chi connectivity index (χ2v) is 21.8. The Morgan fingerprint density at radius 2 is 0.853 bits per heavy atom. The number of unbranched alkanes of at least 4 members (excludes halogenated alkanes) is 32. The number of allylic oxidation sites excluding steroid dienone is 5. The summed E-state index contributed by atoms with van der Waals surface area (Å²) < 4.78 is 22.7. The second-order valence-electron chi connectivity index (χ2n) is 21.8. The lowest BCUT2D eigenvalue weighted by Crippen LogP contribution is -2.65. The fraction of sp³-hybridized carbons (Fsp3) is 0.885. The molecule has 0 aliphatic carbocycles. The van der Waals surface area contributed by atoms with Gasteiger partial charge in [-0.05, 0) is 44.9 Å². The van der Waals surface area contributed by atoms with Gasteiger partial charge in [-0.25, -0.2) is 0 Å². The van der Waals surface area contributed by atoms with Gasteiger partial charge in [0, 0.05) is 6.42 Å². The minimum absolute atomic E-state index is 0.253. The maximum atomic E-state index is 13.2. The number of nitrogens with one attached hydrogen (secondary N) is 1. The van der Waals surface area contributed by atoms with Crippen molar-refractivity contribution in [3.05, 3.63) is 36.5 Å². The van der Waals surface area contributed by atoms with E-state index in [4.69, 9.17) is 18.9 Å². The molecule has 2 saturated heterocycles. The summed E-state index contributed by atoms with van der Waals surface area (Å²) in [7, 11) is 0. The molecule has 0 saturated carbocycles. The molecule has 2 heterocycles. The predicted octanol–water partition coefficient (Wildman–Crippen LogP) is 10.6. The topological polar surface area (TPSA) is 228 Å². The van der Waals surface area contributed by atoms with Crippen LogP contribution in [0.25, 0.3) is 0 Å².